The van der Waals surface area contributed by atoms with E-state index in [0.29, 0.717) is 32.7 Å². The van der Waals surface area contributed by atoms with Gasteiger partial charge in [-0.15, -0.1) is 0 Å². The van der Waals surface area contributed by atoms with Crippen molar-refractivity contribution < 1.29 is 14.3 Å². The van der Waals surface area contributed by atoms with E-state index in [4.69, 9.17) is 4.74 Å². The van der Waals surface area contributed by atoms with Gasteiger partial charge in [0, 0.05) is 32.0 Å². The van der Waals surface area contributed by atoms with Crippen LogP contribution in [0.5, 0.6) is 0 Å². The highest BCUT2D eigenvalue weighted by Gasteiger charge is 2.21. The minimum Gasteiger partial charge on any atom is -0.382 e. The first-order chi connectivity index (χ1) is 9.70. The van der Waals surface area contributed by atoms with Crippen LogP contribution in [0.25, 0.3) is 0 Å². The summed E-state index contributed by atoms with van der Waals surface area (Å²) >= 11 is 0. The van der Waals surface area contributed by atoms with Crippen LogP contribution in [-0.4, -0.2) is 38.1 Å². The molecular weight excluding hydrogens is 256 g/mol. The average molecular weight is 278 g/mol. The summed E-state index contributed by atoms with van der Waals surface area (Å²) in [6.45, 7) is 5.89. The van der Waals surface area contributed by atoms with E-state index in [1.165, 1.54) is 4.90 Å². The highest BCUT2D eigenvalue weighted by Crippen LogP contribution is 2.12. The van der Waals surface area contributed by atoms with E-state index in [1.807, 2.05) is 44.2 Å². The second kappa shape index (κ2) is 9.09. The Kier molecular flexibility index (Phi) is 7.35. The van der Waals surface area contributed by atoms with E-state index >= 15 is 0 Å². The number of nitrogens with one attached hydrogen (secondary N) is 1. The van der Waals surface area contributed by atoms with Gasteiger partial charge in [0.25, 0.3) is 0 Å². The number of carbonyl (C=O) groups excluding carboxylic acids is 2. The van der Waals surface area contributed by atoms with Crippen molar-refractivity contribution >= 4 is 17.5 Å². The molecule has 0 heterocycles. The standard InChI is InChI=1S/C15H22N2O3/c1-3-17(13-9-6-5-7-10-13)15(19)14(18)16-11-8-12-20-4-2/h5-7,9-10H,3-4,8,11-12H2,1-2H3,(H,16,18). The zero-order valence-electron chi connectivity index (χ0n) is 12.1. The summed E-state index contributed by atoms with van der Waals surface area (Å²) < 4.78 is 5.17. The van der Waals surface area contributed by atoms with Gasteiger partial charge in [-0.2, -0.15) is 0 Å². The molecule has 5 nitrogen and oxygen atoms in total. The van der Waals surface area contributed by atoms with Gasteiger partial charge >= 0.3 is 11.8 Å². The molecule has 2 amide bonds. The third-order valence-corrected chi connectivity index (χ3v) is 2.78. The Morgan fingerprint density at radius 2 is 1.90 bits per heavy atom. The first kappa shape index (κ1) is 16.2. The fourth-order valence-electron chi connectivity index (χ4n) is 1.77. The molecule has 0 bridgehead atoms. The number of rotatable bonds is 7. The highest BCUT2D eigenvalue weighted by atomic mass is 16.5. The summed E-state index contributed by atoms with van der Waals surface area (Å²) in [6.07, 6.45) is 0.699. The van der Waals surface area contributed by atoms with Gasteiger partial charge in [-0.05, 0) is 32.4 Å². The summed E-state index contributed by atoms with van der Waals surface area (Å²) in [5.41, 5.74) is 0.726. The third-order valence-electron chi connectivity index (χ3n) is 2.78. The predicted octanol–water partition coefficient (Wildman–Crippen LogP) is 1.58. The molecule has 5 heteroatoms. The maximum Gasteiger partial charge on any atom is 0.316 e. The molecule has 0 saturated carbocycles. The Morgan fingerprint density at radius 3 is 2.50 bits per heavy atom. The van der Waals surface area contributed by atoms with Gasteiger partial charge in [-0.1, -0.05) is 18.2 Å². The van der Waals surface area contributed by atoms with Crippen molar-refractivity contribution in [1.29, 1.82) is 0 Å². The molecule has 0 atom stereocenters. The zero-order chi connectivity index (χ0) is 14.8. The van der Waals surface area contributed by atoms with Crippen LogP contribution in [0.15, 0.2) is 30.3 Å². The molecule has 1 aromatic rings. The van der Waals surface area contributed by atoms with Crippen molar-refractivity contribution in [3.8, 4) is 0 Å². The lowest BCUT2D eigenvalue weighted by atomic mass is 10.2. The lowest BCUT2D eigenvalue weighted by Crippen LogP contribution is -2.43. The first-order valence-electron chi connectivity index (χ1n) is 6.93. The van der Waals surface area contributed by atoms with Crippen LogP contribution < -0.4 is 10.2 Å². The number of para-hydroxylation sites is 1. The number of amides is 2. The Bertz CT molecular complexity index is 420. The zero-order valence-corrected chi connectivity index (χ0v) is 12.1. The van der Waals surface area contributed by atoms with Crippen LogP contribution in [0.2, 0.25) is 0 Å². The fourth-order valence-corrected chi connectivity index (χ4v) is 1.77. The van der Waals surface area contributed by atoms with E-state index < -0.39 is 11.8 Å². The monoisotopic (exact) mass is 278 g/mol. The third kappa shape index (κ3) is 5.01. The summed E-state index contributed by atoms with van der Waals surface area (Å²) in [5.74, 6) is -1.11. The summed E-state index contributed by atoms with van der Waals surface area (Å²) in [4.78, 5) is 25.3. The fraction of sp³-hybridized carbons (Fsp3) is 0.467. The van der Waals surface area contributed by atoms with Crippen LogP contribution in [0, 0.1) is 0 Å². The minimum absolute atomic E-state index is 0.441. The van der Waals surface area contributed by atoms with Crippen molar-refractivity contribution in [2.24, 2.45) is 0 Å². The van der Waals surface area contributed by atoms with Crippen molar-refractivity contribution in [1.82, 2.24) is 5.32 Å². The van der Waals surface area contributed by atoms with E-state index in [9.17, 15) is 9.59 Å². The van der Waals surface area contributed by atoms with Gasteiger partial charge in [-0.3, -0.25) is 9.59 Å². The second-order valence-corrected chi connectivity index (χ2v) is 4.19. The van der Waals surface area contributed by atoms with Crippen LogP contribution in [0.3, 0.4) is 0 Å². The summed E-state index contributed by atoms with van der Waals surface area (Å²) in [7, 11) is 0. The Morgan fingerprint density at radius 1 is 1.20 bits per heavy atom. The van der Waals surface area contributed by atoms with Crippen LogP contribution in [0.1, 0.15) is 20.3 Å². The highest BCUT2D eigenvalue weighted by molar-refractivity contribution is 6.40. The SMILES string of the molecule is CCOCCCNC(=O)C(=O)N(CC)c1ccccc1. The molecule has 0 aliphatic carbocycles. The van der Waals surface area contributed by atoms with Gasteiger partial charge in [-0.25, -0.2) is 0 Å². The number of carbonyl (C=O) groups is 2. The van der Waals surface area contributed by atoms with Crippen LogP contribution in [0.4, 0.5) is 5.69 Å². The number of likely N-dealkylation sites (N-methyl/N-ethyl adjacent to an activating group) is 1. The Balaban J connectivity index is 2.48. The number of ether oxygens (including phenoxy) is 1. The Labute approximate surface area is 119 Å². The molecule has 0 radical (unpaired) electrons. The molecule has 0 spiro atoms. The molecule has 1 N–H and O–H groups in total. The number of nitrogens with zero attached hydrogens (tertiary/aromatic N) is 1. The van der Waals surface area contributed by atoms with Crippen molar-refractivity contribution in [2.75, 3.05) is 31.2 Å². The molecule has 1 rings (SSSR count). The van der Waals surface area contributed by atoms with E-state index in [-0.39, 0.29) is 0 Å². The van der Waals surface area contributed by atoms with Gasteiger partial charge < -0.3 is 15.0 Å². The van der Waals surface area contributed by atoms with Crippen molar-refractivity contribution in [3.05, 3.63) is 30.3 Å². The van der Waals surface area contributed by atoms with Gasteiger partial charge in [0.05, 0.1) is 0 Å². The maximum atomic E-state index is 12.1. The molecule has 110 valence electrons. The number of anilines is 1. The number of benzene rings is 1. The summed E-state index contributed by atoms with van der Waals surface area (Å²) in [6, 6.07) is 9.17. The van der Waals surface area contributed by atoms with Gasteiger partial charge in [0.2, 0.25) is 0 Å². The molecular formula is C15H22N2O3. The normalized spacial score (nSPS) is 10.1. The summed E-state index contributed by atoms with van der Waals surface area (Å²) in [5, 5.41) is 2.62. The van der Waals surface area contributed by atoms with Crippen LogP contribution >= 0.6 is 0 Å². The minimum atomic E-state index is -0.577. The molecule has 0 aromatic heterocycles. The lowest BCUT2D eigenvalue weighted by Gasteiger charge is -2.20. The molecule has 0 aliphatic rings. The average Bonchev–Trinajstić information content (AvgIpc) is 2.48. The lowest BCUT2D eigenvalue weighted by molar-refractivity contribution is -0.137. The van der Waals surface area contributed by atoms with Gasteiger partial charge in [0.1, 0.15) is 0 Å². The van der Waals surface area contributed by atoms with Crippen molar-refractivity contribution in [3.63, 3.8) is 0 Å². The topological polar surface area (TPSA) is 58.6 Å². The molecule has 0 fully saturated rings. The maximum absolute atomic E-state index is 12.1. The Hall–Kier alpha value is -1.88. The van der Waals surface area contributed by atoms with Crippen LogP contribution in [-0.2, 0) is 14.3 Å². The van der Waals surface area contributed by atoms with Gasteiger partial charge in [0.15, 0.2) is 0 Å². The first-order valence-corrected chi connectivity index (χ1v) is 6.93. The molecule has 0 aliphatic heterocycles. The molecule has 0 saturated heterocycles. The second-order valence-electron chi connectivity index (χ2n) is 4.19. The number of hydrogen-bond acceptors (Lipinski definition) is 3. The number of hydrogen-bond donors (Lipinski definition) is 1. The smallest absolute Gasteiger partial charge is 0.316 e. The van der Waals surface area contributed by atoms with Crippen molar-refractivity contribution in [2.45, 2.75) is 20.3 Å². The molecule has 1 aromatic carbocycles. The largest absolute Gasteiger partial charge is 0.382 e. The van der Waals surface area contributed by atoms with E-state index in [2.05, 4.69) is 5.32 Å². The molecule has 20 heavy (non-hydrogen) atoms. The predicted molar refractivity (Wildman–Crippen MR) is 78.6 cm³/mol. The quantitative estimate of drug-likeness (QED) is 0.608. The van der Waals surface area contributed by atoms with E-state index in [1.54, 1.807) is 0 Å². The van der Waals surface area contributed by atoms with E-state index in [0.717, 1.165) is 5.69 Å². The molecule has 0 unspecified atom stereocenters.